The summed E-state index contributed by atoms with van der Waals surface area (Å²) in [6.07, 6.45) is 0. The third-order valence-electron chi connectivity index (χ3n) is 2.70. The Labute approximate surface area is 110 Å². The van der Waals surface area contributed by atoms with Gasteiger partial charge in [-0.25, -0.2) is 13.1 Å². The molecule has 1 aromatic rings. The molecule has 0 aromatic heterocycles. The van der Waals surface area contributed by atoms with Crippen LogP contribution >= 0.6 is 0 Å². The maximum absolute atomic E-state index is 11.4. The van der Waals surface area contributed by atoms with E-state index in [1.807, 2.05) is 24.3 Å². The molecule has 0 aliphatic heterocycles. The molecule has 0 saturated carbocycles. The Bertz CT molecular complexity index is 473. The Hall–Kier alpha value is -0.910. The number of rotatable bonds is 5. The highest BCUT2D eigenvalue weighted by atomic mass is 32.2. The van der Waals surface area contributed by atoms with Crippen LogP contribution in [0, 0.1) is 0 Å². The van der Waals surface area contributed by atoms with Gasteiger partial charge in [-0.3, -0.25) is 0 Å². The van der Waals surface area contributed by atoms with Crippen LogP contribution in [-0.2, 0) is 22.0 Å². The van der Waals surface area contributed by atoms with Crippen LogP contribution in [-0.4, -0.2) is 20.7 Å². The molecule has 1 aromatic carbocycles. The molecule has 102 valence electrons. The molecule has 0 heterocycles. The summed E-state index contributed by atoms with van der Waals surface area (Å²) in [4.78, 5) is 0. The number of benzene rings is 1. The highest BCUT2D eigenvalue weighted by molar-refractivity contribution is 7.89. The standard InChI is InChI=1S/C13H22N2O2S/c1-13(2,3)12-6-4-11(5-7-12)10-15-18(16,17)9-8-14/h4-7,15H,8-10,14H2,1-3H3. The van der Waals surface area contributed by atoms with Crippen molar-refractivity contribution < 1.29 is 8.42 Å². The summed E-state index contributed by atoms with van der Waals surface area (Å²) in [5, 5.41) is 0. The molecule has 4 nitrogen and oxygen atoms in total. The monoisotopic (exact) mass is 270 g/mol. The van der Waals surface area contributed by atoms with Gasteiger partial charge in [-0.2, -0.15) is 0 Å². The number of sulfonamides is 1. The van der Waals surface area contributed by atoms with Crippen LogP contribution < -0.4 is 10.5 Å². The Balaban J connectivity index is 2.65. The van der Waals surface area contributed by atoms with Crippen LogP contribution in [0.3, 0.4) is 0 Å². The fourth-order valence-electron chi connectivity index (χ4n) is 1.54. The highest BCUT2D eigenvalue weighted by Crippen LogP contribution is 2.22. The number of nitrogens with two attached hydrogens (primary N) is 1. The van der Waals surface area contributed by atoms with E-state index in [1.54, 1.807) is 0 Å². The molecule has 0 saturated heterocycles. The first-order valence-corrected chi connectivity index (χ1v) is 7.67. The zero-order valence-electron chi connectivity index (χ0n) is 11.2. The second kappa shape index (κ2) is 5.82. The highest BCUT2D eigenvalue weighted by Gasteiger charge is 2.13. The molecule has 3 N–H and O–H groups in total. The summed E-state index contributed by atoms with van der Waals surface area (Å²) in [6, 6.07) is 7.97. The molecule has 0 unspecified atom stereocenters. The van der Waals surface area contributed by atoms with Gasteiger partial charge in [0, 0.05) is 13.1 Å². The molecule has 5 heteroatoms. The Morgan fingerprint density at radius 3 is 2.17 bits per heavy atom. The summed E-state index contributed by atoms with van der Waals surface area (Å²) in [6.45, 7) is 6.88. The molecule has 1 rings (SSSR count). The molecule has 0 radical (unpaired) electrons. The quantitative estimate of drug-likeness (QED) is 0.848. The van der Waals surface area contributed by atoms with E-state index in [1.165, 1.54) is 5.56 Å². The average Bonchev–Trinajstić information content (AvgIpc) is 2.26. The van der Waals surface area contributed by atoms with Crippen molar-refractivity contribution in [1.82, 2.24) is 4.72 Å². The second-order valence-electron chi connectivity index (χ2n) is 5.38. The minimum absolute atomic E-state index is 0.0346. The predicted molar refractivity (Wildman–Crippen MR) is 74.8 cm³/mol. The van der Waals surface area contributed by atoms with E-state index in [9.17, 15) is 8.42 Å². The van der Waals surface area contributed by atoms with Crippen molar-refractivity contribution in [3.8, 4) is 0 Å². The maximum atomic E-state index is 11.4. The van der Waals surface area contributed by atoms with Gasteiger partial charge in [-0.1, -0.05) is 45.0 Å². The lowest BCUT2D eigenvalue weighted by Crippen LogP contribution is -2.29. The molecule has 0 amide bonds. The minimum Gasteiger partial charge on any atom is -0.329 e. The zero-order valence-corrected chi connectivity index (χ0v) is 12.0. The number of hydrogen-bond acceptors (Lipinski definition) is 3. The van der Waals surface area contributed by atoms with E-state index < -0.39 is 10.0 Å². The molecule has 0 atom stereocenters. The average molecular weight is 270 g/mol. The summed E-state index contributed by atoms with van der Waals surface area (Å²) < 4.78 is 25.4. The fourth-order valence-corrected chi connectivity index (χ4v) is 2.38. The largest absolute Gasteiger partial charge is 0.329 e. The van der Waals surface area contributed by atoms with E-state index in [2.05, 4.69) is 25.5 Å². The molecule has 0 fully saturated rings. The maximum Gasteiger partial charge on any atom is 0.213 e. The van der Waals surface area contributed by atoms with Crippen LogP contribution in [0.15, 0.2) is 24.3 Å². The fraction of sp³-hybridized carbons (Fsp3) is 0.538. The van der Waals surface area contributed by atoms with E-state index in [-0.39, 0.29) is 17.7 Å². The van der Waals surface area contributed by atoms with Crippen LogP contribution in [0.1, 0.15) is 31.9 Å². The lowest BCUT2D eigenvalue weighted by molar-refractivity contribution is 0.580. The van der Waals surface area contributed by atoms with Gasteiger partial charge < -0.3 is 5.73 Å². The van der Waals surface area contributed by atoms with Crippen LogP contribution in [0.2, 0.25) is 0 Å². The summed E-state index contributed by atoms with van der Waals surface area (Å²) in [5.41, 5.74) is 7.52. The molecule has 0 spiro atoms. The Kier molecular flexibility index (Phi) is 4.90. The second-order valence-corrected chi connectivity index (χ2v) is 7.30. The van der Waals surface area contributed by atoms with Gasteiger partial charge in [-0.05, 0) is 16.5 Å². The Morgan fingerprint density at radius 1 is 1.17 bits per heavy atom. The molecule has 18 heavy (non-hydrogen) atoms. The van der Waals surface area contributed by atoms with E-state index in [0.29, 0.717) is 6.54 Å². The van der Waals surface area contributed by atoms with Crippen molar-refractivity contribution in [2.24, 2.45) is 5.73 Å². The first-order chi connectivity index (χ1) is 8.24. The summed E-state index contributed by atoms with van der Waals surface area (Å²) >= 11 is 0. The smallest absolute Gasteiger partial charge is 0.213 e. The number of nitrogens with one attached hydrogen (secondary N) is 1. The van der Waals surface area contributed by atoms with Crippen LogP contribution in [0.4, 0.5) is 0 Å². The molecular weight excluding hydrogens is 248 g/mol. The molecule has 0 aliphatic rings. The van der Waals surface area contributed by atoms with E-state index >= 15 is 0 Å². The van der Waals surface area contributed by atoms with Crippen LogP contribution in [0.25, 0.3) is 0 Å². The van der Waals surface area contributed by atoms with Crippen molar-refractivity contribution in [3.05, 3.63) is 35.4 Å². The first kappa shape index (κ1) is 15.1. The lowest BCUT2D eigenvalue weighted by atomic mass is 9.87. The molecular formula is C13H22N2O2S. The van der Waals surface area contributed by atoms with Crippen molar-refractivity contribution in [1.29, 1.82) is 0 Å². The Morgan fingerprint density at radius 2 is 1.72 bits per heavy atom. The number of hydrogen-bond donors (Lipinski definition) is 2. The summed E-state index contributed by atoms with van der Waals surface area (Å²) in [5.74, 6) is -0.0346. The summed E-state index contributed by atoms with van der Waals surface area (Å²) in [7, 11) is -3.24. The lowest BCUT2D eigenvalue weighted by Gasteiger charge is -2.19. The van der Waals surface area contributed by atoms with Gasteiger partial charge in [0.15, 0.2) is 0 Å². The third kappa shape index (κ3) is 4.76. The van der Waals surface area contributed by atoms with Gasteiger partial charge in [-0.15, -0.1) is 0 Å². The van der Waals surface area contributed by atoms with E-state index in [4.69, 9.17) is 5.73 Å². The van der Waals surface area contributed by atoms with Crippen LogP contribution in [0.5, 0.6) is 0 Å². The normalized spacial score (nSPS) is 12.7. The molecule has 0 aliphatic carbocycles. The van der Waals surface area contributed by atoms with Gasteiger partial charge in [0.05, 0.1) is 5.75 Å². The SMILES string of the molecule is CC(C)(C)c1ccc(CNS(=O)(=O)CCN)cc1. The molecule has 0 bridgehead atoms. The van der Waals surface area contributed by atoms with Gasteiger partial charge >= 0.3 is 0 Å². The van der Waals surface area contributed by atoms with E-state index in [0.717, 1.165) is 5.56 Å². The van der Waals surface area contributed by atoms with Gasteiger partial charge in [0.1, 0.15) is 0 Å². The topological polar surface area (TPSA) is 72.2 Å². The van der Waals surface area contributed by atoms with Crippen molar-refractivity contribution in [3.63, 3.8) is 0 Å². The first-order valence-electron chi connectivity index (χ1n) is 6.01. The zero-order chi connectivity index (χ0) is 13.8. The van der Waals surface area contributed by atoms with Crippen molar-refractivity contribution in [2.45, 2.75) is 32.7 Å². The van der Waals surface area contributed by atoms with Gasteiger partial charge in [0.2, 0.25) is 10.0 Å². The van der Waals surface area contributed by atoms with Gasteiger partial charge in [0.25, 0.3) is 0 Å². The van der Waals surface area contributed by atoms with Crippen molar-refractivity contribution in [2.75, 3.05) is 12.3 Å². The third-order valence-corrected chi connectivity index (χ3v) is 4.06. The van der Waals surface area contributed by atoms with Crippen molar-refractivity contribution >= 4 is 10.0 Å². The predicted octanol–water partition coefficient (Wildman–Crippen LogP) is 1.36. The minimum atomic E-state index is -3.24.